The van der Waals surface area contributed by atoms with E-state index in [9.17, 15) is 4.79 Å². The third-order valence-electron chi connectivity index (χ3n) is 3.81. The molecule has 0 saturated carbocycles. The minimum absolute atomic E-state index is 0.356. The van der Waals surface area contributed by atoms with Gasteiger partial charge in [-0.05, 0) is 41.5 Å². The molecule has 2 aromatic heterocycles. The molecule has 5 heteroatoms. The number of rotatable bonds is 3. The molecule has 2 aromatic carbocycles. The quantitative estimate of drug-likeness (QED) is 0.625. The maximum absolute atomic E-state index is 11.5. The molecule has 116 valence electrons. The molecular formula is C19H13N3O2. The maximum atomic E-state index is 11.5. The van der Waals surface area contributed by atoms with Gasteiger partial charge >= 0.3 is 0 Å². The zero-order chi connectivity index (χ0) is 16.5. The van der Waals surface area contributed by atoms with Gasteiger partial charge in [0.25, 0.3) is 5.91 Å². The summed E-state index contributed by atoms with van der Waals surface area (Å²) >= 11 is 0. The van der Waals surface area contributed by atoms with Crippen LogP contribution < -0.4 is 5.73 Å². The van der Waals surface area contributed by atoms with E-state index in [0.717, 1.165) is 16.7 Å². The Hall–Kier alpha value is -3.47. The standard InChI is InChI=1S/C19H13N3O2/c20-18(23)15-4-1-5-16-17(15)22-19(24-16)13-8-6-12(7-9-13)14-3-2-10-21-11-14/h1-11H,(H2,20,23). The van der Waals surface area contributed by atoms with Gasteiger partial charge in [-0.3, -0.25) is 9.78 Å². The van der Waals surface area contributed by atoms with Crippen molar-refractivity contribution in [2.75, 3.05) is 0 Å². The summed E-state index contributed by atoms with van der Waals surface area (Å²) in [4.78, 5) is 20.0. The number of oxazole rings is 1. The van der Waals surface area contributed by atoms with Crippen LogP contribution in [0.1, 0.15) is 10.4 Å². The van der Waals surface area contributed by atoms with Crippen molar-refractivity contribution >= 4 is 17.0 Å². The molecule has 0 atom stereocenters. The number of para-hydroxylation sites is 1. The maximum Gasteiger partial charge on any atom is 0.251 e. The summed E-state index contributed by atoms with van der Waals surface area (Å²) < 4.78 is 5.76. The molecule has 24 heavy (non-hydrogen) atoms. The second-order valence-electron chi connectivity index (χ2n) is 5.35. The van der Waals surface area contributed by atoms with Crippen molar-refractivity contribution in [1.29, 1.82) is 0 Å². The normalized spacial score (nSPS) is 10.8. The summed E-state index contributed by atoms with van der Waals surface area (Å²) in [6.07, 6.45) is 3.56. The van der Waals surface area contributed by atoms with Crippen molar-refractivity contribution in [3.63, 3.8) is 0 Å². The number of benzene rings is 2. The Balaban J connectivity index is 1.75. The van der Waals surface area contributed by atoms with Gasteiger partial charge < -0.3 is 10.2 Å². The number of carbonyl (C=O) groups excluding carboxylic acids is 1. The van der Waals surface area contributed by atoms with Crippen LogP contribution >= 0.6 is 0 Å². The van der Waals surface area contributed by atoms with Gasteiger partial charge in [0.1, 0.15) is 5.52 Å². The highest BCUT2D eigenvalue weighted by molar-refractivity contribution is 6.03. The molecule has 0 aliphatic heterocycles. The SMILES string of the molecule is NC(=O)c1cccc2oc(-c3ccc(-c4cccnc4)cc3)nc12. The van der Waals surface area contributed by atoms with Crippen LogP contribution in [0.4, 0.5) is 0 Å². The summed E-state index contributed by atoms with van der Waals surface area (Å²) in [6.45, 7) is 0. The molecule has 0 radical (unpaired) electrons. The lowest BCUT2D eigenvalue weighted by molar-refractivity contribution is 0.100. The fourth-order valence-electron chi connectivity index (χ4n) is 2.61. The monoisotopic (exact) mass is 315 g/mol. The highest BCUT2D eigenvalue weighted by Gasteiger charge is 2.14. The van der Waals surface area contributed by atoms with Crippen molar-refractivity contribution in [2.45, 2.75) is 0 Å². The molecule has 4 aromatic rings. The molecule has 0 saturated heterocycles. The lowest BCUT2D eigenvalue weighted by Gasteiger charge is -2.01. The summed E-state index contributed by atoms with van der Waals surface area (Å²) in [6, 6.07) is 16.9. The Morgan fingerprint density at radius 2 is 1.71 bits per heavy atom. The van der Waals surface area contributed by atoms with Gasteiger partial charge in [-0.25, -0.2) is 4.98 Å². The number of aromatic nitrogens is 2. The third-order valence-corrected chi connectivity index (χ3v) is 3.81. The molecule has 0 fully saturated rings. The van der Waals surface area contributed by atoms with Gasteiger partial charge in [-0.15, -0.1) is 0 Å². The first-order chi connectivity index (χ1) is 11.7. The first-order valence-electron chi connectivity index (χ1n) is 7.42. The highest BCUT2D eigenvalue weighted by atomic mass is 16.3. The molecule has 0 aliphatic carbocycles. The van der Waals surface area contributed by atoms with Crippen molar-refractivity contribution in [3.05, 3.63) is 72.6 Å². The number of hydrogen-bond acceptors (Lipinski definition) is 4. The van der Waals surface area contributed by atoms with E-state index in [0.29, 0.717) is 22.6 Å². The van der Waals surface area contributed by atoms with E-state index in [1.807, 2.05) is 42.6 Å². The fourth-order valence-corrected chi connectivity index (χ4v) is 2.61. The Morgan fingerprint density at radius 3 is 2.42 bits per heavy atom. The second-order valence-corrected chi connectivity index (χ2v) is 5.35. The highest BCUT2D eigenvalue weighted by Crippen LogP contribution is 2.28. The zero-order valence-electron chi connectivity index (χ0n) is 12.6. The van der Waals surface area contributed by atoms with Crippen LogP contribution in [0.2, 0.25) is 0 Å². The summed E-state index contributed by atoms with van der Waals surface area (Å²) in [5.74, 6) is -0.0659. The average molecular weight is 315 g/mol. The van der Waals surface area contributed by atoms with Crippen LogP contribution in [0, 0.1) is 0 Å². The molecule has 4 rings (SSSR count). The number of hydrogen-bond donors (Lipinski definition) is 1. The first-order valence-corrected chi connectivity index (χ1v) is 7.42. The molecule has 0 bridgehead atoms. The van der Waals surface area contributed by atoms with E-state index in [1.165, 1.54) is 0 Å². The summed E-state index contributed by atoms with van der Waals surface area (Å²) in [7, 11) is 0. The molecule has 0 aliphatic rings. The van der Waals surface area contributed by atoms with Crippen molar-refractivity contribution < 1.29 is 9.21 Å². The van der Waals surface area contributed by atoms with Crippen LogP contribution in [0.15, 0.2) is 71.4 Å². The average Bonchev–Trinajstić information content (AvgIpc) is 3.06. The number of nitrogens with two attached hydrogens (primary N) is 1. The fraction of sp³-hybridized carbons (Fsp3) is 0. The van der Waals surface area contributed by atoms with Gasteiger partial charge in [-0.2, -0.15) is 0 Å². The molecule has 2 N–H and O–H groups in total. The molecular weight excluding hydrogens is 302 g/mol. The summed E-state index contributed by atoms with van der Waals surface area (Å²) in [5, 5.41) is 0. The zero-order valence-corrected chi connectivity index (χ0v) is 12.6. The number of carbonyl (C=O) groups is 1. The Bertz CT molecular complexity index is 1020. The predicted molar refractivity (Wildman–Crippen MR) is 91.2 cm³/mol. The van der Waals surface area contributed by atoms with Gasteiger partial charge in [0.15, 0.2) is 5.58 Å². The minimum Gasteiger partial charge on any atom is -0.436 e. The van der Waals surface area contributed by atoms with Crippen molar-refractivity contribution in [1.82, 2.24) is 9.97 Å². The first kappa shape index (κ1) is 14.1. The van der Waals surface area contributed by atoms with Crippen LogP contribution in [-0.2, 0) is 0 Å². The van der Waals surface area contributed by atoms with Gasteiger partial charge in [0.2, 0.25) is 5.89 Å². The molecule has 0 unspecified atom stereocenters. The lowest BCUT2D eigenvalue weighted by atomic mass is 10.1. The van der Waals surface area contributed by atoms with Crippen molar-refractivity contribution in [2.24, 2.45) is 5.73 Å². The second kappa shape index (κ2) is 5.62. The number of pyridine rings is 1. The van der Waals surface area contributed by atoms with Crippen LogP contribution in [0.5, 0.6) is 0 Å². The van der Waals surface area contributed by atoms with Crippen LogP contribution in [-0.4, -0.2) is 15.9 Å². The number of amides is 1. The molecule has 2 heterocycles. The Morgan fingerprint density at radius 1 is 0.917 bits per heavy atom. The molecule has 1 amide bonds. The third kappa shape index (κ3) is 2.42. The van der Waals surface area contributed by atoms with Gasteiger partial charge in [0.05, 0.1) is 5.56 Å². The minimum atomic E-state index is -0.521. The molecule has 5 nitrogen and oxygen atoms in total. The Labute approximate surface area is 137 Å². The van der Waals surface area contributed by atoms with E-state index < -0.39 is 5.91 Å². The van der Waals surface area contributed by atoms with E-state index in [1.54, 1.807) is 24.4 Å². The topological polar surface area (TPSA) is 82.0 Å². The van der Waals surface area contributed by atoms with Crippen LogP contribution in [0.3, 0.4) is 0 Å². The number of fused-ring (bicyclic) bond motifs is 1. The lowest BCUT2D eigenvalue weighted by Crippen LogP contribution is -2.11. The predicted octanol–water partition coefficient (Wildman–Crippen LogP) is 3.66. The van der Waals surface area contributed by atoms with E-state index in [-0.39, 0.29) is 0 Å². The smallest absolute Gasteiger partial charge is 0.251 e. The van der Waals surface area contributed by atoms with Crippen LogP contribution in [0.25, 0.3) is 33.7 Å². The Kier molecular flexibility index (Phi) is 3.31. The van der Waals surface area contributed by atoms with E-state index in [4.69, 9.17) is 10.2 Å². The summed E-state index contributed by atoms with van der Waals surface area (Å²) in [5.41, 5.74) is 9.69. The molecule has 0 spiro atoms. The van der Waals surface area contributed by atoms with Crippen molar-refractivity contribution in [3.8, 4) is 22.6 Å². The van der Waals surface area contributed by atoms with Gasteiger partial charge in [-0.1, -0.05) is 24.3 Å². The number of primary amides is 1. The van der Waals surface area contributed by atoms with Gasteiger partial charge in [0, 0.05) is 18.0 Å². The number of nitrogens with zero attached hydrogens (tertiary/aromatic N) is 2. The largest absolute Gasteiger partial charge is 0.436 e. The van der Waals surface area contributed by atoms with E-state index >= 15 is 0 Å². The van der Waals surface area contributed by atoms with E-state index in [2.05, 4.69) is 9.97 Å².